The number of thiazole rings is 1. The standard InChI is InChI=1S/C11H14N2O4S3/c1-6-12-4-9(19-6)20(16,17)13-8(11(14)15)5-18-10(13)7-2-3-7/h4,7-8,10H,2-3,5H2,1H3,(H,14,15). The lowest BCUT2D eigenvalue weighted by Crippen LogP contribution is -2.45. The van der Waals surface area contributed by atoms with Crippen molar-refractivity contribution in [3.05, 3.63) is 11.2 Å². The summed E-state index contributed by atoms with van der Waals surface area (Å²) in [6.45, 7) is 1.73. The number of thioether (sulfide) groups is 1. The second kappa shape index (κ2) is 4.97. The third kappa shape index (κ3) is 2.36. The first kappa shape index (κ1) is 14.3. The van der Waals surface area contributed by atoms with Gasteiger partial charge in [-0.25, -0.2) is 13.4 Å². The molecule has 3 rings (SSSR count). The molecule has 2 unspecified atom stereocenters. The van der Waals surface area contributed by atoms with Crippen LogP contribution in [0.25, 0.3) is 0 Å². The summed E-state index contributed by atoms with van der Waals surface area (Å²) < 4.78 is 26.8. The Hall–Kier alpha value is -0.640. The van der Waals surface area contributed by atoms with Crippen molar-refractivity contribution >= 4 is 39.1 Å². The van der Waals surface area contributed by atoms with Gasteiger partial charge < -0.3 is 5.11 Å². The number of carboxylic acid groups (broad SMARTS) is 1. The van der Waals surface area contributed by atoms with E-state index in [-0.39, 0.29) is 15.5 Å². The van der Waals surface area contributed by atoms with Gasteiger partial charge >= 0.3 is 5.97 Å². The molecule has 6 nitrogen and oxygen atoms in total. The van der Waals surface area contributed by atoms with Crippen molar-refractivity contribution in [3.8, 4) is 0 Å². The Morgan fingerprint density at radius 2 is 2.20 bits per heavy atom. The first-order chi connectivity index (χ1) is 9.41. The summed E-state index contributed by atoms with van der Waals surface area (Å²) in [6.07, 6.45) is 3.26. The van der Waals surface area contributed by atoms with Crippen molar-refractivity contribution in [1.82, 2.24) is 9.29 Å². The molecule has 2 fully saturated rings. The monoisotopic (exact) mass is 334 g/mol. The highest BCUT2D eigenvalue weighted by Gasteiger charge is 2.51. The summed E-state index contributed by atoms with van der Waals surface area (Å²) in [5, 5.41) is 9.70. The Morgan fingerprint density at radius 3 is 2.70 bits per heavy atom. The van der Waals surface area contributed by atoms with Crippen LogP contribution in [0.15, 0.2) is 10.4 Å². The summed E-state index contributed by atoms with van der Waals surface area (Å²) in [4.78, 5) is 15.3. The fourth-order valence-corrected chi connectivity index (χ4v) is 7.31. The maximum atomic E-state index is 12.7. The number of aromatic nitrogens is 1. The minimum atomic E-state index is -3.78. The number of aliphatic carboxylic acids is 1. The molecule has 1 aromatic rings. The zero-order valence-electron chi connectivity index (χ0n) is 10.7. The van der Waals surface area contributed by atoms with Crippen LogP contribution in [-0.4, -0.2) is 46.0 Å². The Labute approximate surface area is 125 Å². The summed E-state index contributed by atoms with van der Waals surface area (Å²) in [6, 6.07) is -0.974. The first-order valence-electron chi connectivity index (χ1n) is 6.21. The summed E-state index contributed by atoms with van der Waals surface area (Å²) in [5.74, 6) is -0.480. The molecule has 1 aliphatic carbocycles. The van der Waals surface area contributed by atoms with Gasteiger partial charge in [-0.1, -0.05) is 0 Å². The van der Waals surface area contributed by atoms with Crippen molar-refractivity contribution in [2.45, 2.75) is 35.4 Å². The Balaban J connectivity index is 2.00. The summed E-state index contributed by atoms with van der Waals surface area (Å²) in [7, 11) is -3.78. The highest BCUT2D eigenvalue weighted by molar-refractivity contribution is 8.01. The van der Waals surface area contributed by atoms with Gasteiger partial charge in [-0.3, -0.25) is 4.79 Å². The minimum absolute atomic E-state index is 0.134. The molecule has 1 saturated carbocycles. The van der Waals surface area contributed by atoms with Crippen molar-refractivity contribution in [2.24, 2.45) is 5.92 Å². The number of nitrogens with zero attached hydrogens (tertiary/aromatic N) is 2. The predicted octanol–water partition coefficient (Wildman–Crippen LogP) is 1.38. The van der Waals surface area contributed by atoms with Crippen molar-refractivity contribution < 1.29 is 18.3 Å². The molecule has 0 aromatic carbocycles. The molecule has 20 heavy (non-hydrogen) atoms. The maximum absolute atomic E-state index is 12.7. The van der Waals surface area contributed by atoms with E-state index in [9.17, 15) is 18.3 Å². The van der Waals surface area contributed by atoms with Crippen LogP contribution in [0.3, 0.4) is 0 Å². The highest BCUT2D eigenvalue weighted by atomic mass is 32.2. The van der Waals surface area contributed by atoms with Gasteiger partial charge in [0, 0.05) is 5.75 Å². The molecular weight excluding hydrogens is 320 g/mol. The highest BCUT2D eigenvalue weighted by Crippen LogP contribution is 2.47. The van der Waals surface area contributed by atoms with Gasteiger partial charge in [-0.05, 0) is 25.7 Å². The van der Waals surface area contributed by atoms with Crippen LogP contribution >= 0.6 is 23.1 Å². The van der Waals surface area contributed by atoms with E-state index in [0.29, 0.717) is 10.8 Å². The predicted molar refractivity (Wildman–Crippen MR) is 76.3 cm³/mol. The van der Waals surface area contributed by atoms with Gasteiger partial charge in [0.25, 0.3) is 10.0 Å². The molecule has 9 heteroatoms. The van der Waals surface area contributed by atoms with E-state index in [1.54, 1.807) is 6.92 Å². The van der Waals surface area contributed by atoms with Crippen molar-refractivity contribution in [1.29, 1.82) is 0 Å². The molecule has 1 N–H and O–H groups in total. The van der Waals surface area contributed by atoms with Gasteiger partial charge in [0.05, 0.1) is 16.6 Å². The average Bonchev–Trinajstić information content (AvgIpc) is 2.95. The molecule has 2 aliphatic rings. The van der Waals surface area contributed by atoms with Gasteiger partial charge in [0.2, 0.25) is 0 Å². The lowest BCUT2D eigenvalue weighted by molar-refractivity contribution is -0.140. The molecule has 0 spiro atoms. The largest absolute Gasteiger partial charge is 0.480 e. The fourth-order valence-electron chi connectivity index (χ4n) is 2.29. The van der Waals surface area contributed by atoms with Crippen LogP contribution in [0.2, 0.25) is 0 Å². The Bertz CT molecular complexity index is 638. The molecule has 1 aromatic heterocycles. The number of aryl methyl sites for hydroxylation is 1. The summed E-state index contributed by atoms with van der Waals surface area (Å²) in [5.41, 5.74) is 0. The number of carbonyl (C=O) groups is 1. The molecule has 2 atom stereocenters. The minimum Gasteiger partial charge on any atom is -0.480 e. The molecule has 110 valence electrons. The zero-order valence-corrected chi connectivity index (χ0v) is 13.2. The molecule has 1 aliphatic heterocycles. The fraction of sp³-hybridized carbons (Fsp3) is 0.636. The van der Waals surface area contributed by atoms with Crippen LogP contribution in [-0.2, 0) is 14.8 Å². The van der Waals surface area contributed by atoms with E-state index >= 15 is 0 Å². The number of hydrogen-bond acceptors (Lipinski definition) is 6. The Kier molecular flexibility index (Phi) is 3.56. The van der Waals surface area contributed by atoms with Crippen LogP contribution in [0.4, 0.5) is 0 Å². The molecule has 1 saturated heterocycles. The lowest BCUT2D eigenvalue weighted by atomic mass is 10.3. The molecule has 2 heterocycles. The van der Waals surface area contributed by atoms with Crippen molar-refractivity contribution in [3.63, 3.8) is 0 Å². The maximum Gasteiger partial charge on any atom is 0.322 e. The zero-order chi connectivity index (χ0) is 14.5. The van der Waals surface area contributed by atoms with Crippen LogP contribution in [0.5, 0.6) is 0 Å². The molecule has 0 radical (unpaired) electrons. The topological polar surface area (TPSA) is 87.6 Å². The third-order valence-electron chi connectivity index (χ3n) is 3.43. The average molecular weight is 334 g/mol. The number of rotatable bonds is 4. The molecular formula is C11H14N2O4S3. The second-order valence-corrected chi connectivity index (χ2v) is 9.40. The third-order valence-corrected chi connectivity index (χ3v) is 8.26. The van der Waals surface area contributed by atoms with E-state index in [2.05, 4.69) is 4.98 Å². The number of hydrogen-bond donors (Lipinski definition) is 1. The second-order valence-electron chi connectivity index (χ2n) is 4.95. The van der Waals surface area contributed by atoms with E-state index in [1.807, 2.05) is 0 Å². The quantitative estimate of drug-likeness (QED) is 0.895. The van der Waals surface area contributed by atoms with Gasteiger partial charge in [0.1, 0.15) is 6.04 Å². The van der Waals surface area contributed by atoms with Crippen LogP contribution < -0.4 is 0 Å². The van der Waals surface area contributed by atoms with Crippen LogP contribution in [0.1, 0.15) is 17.8 Å². The van der Waals surface area contributed by atoms with Crippen LogP contribution in [0, 0.1) is 12.8 Å². The van der Waals surface area contributed by atoms with E-state index < -0.39 is 22.0 Å². The smallest absolute Gasteiger partial charge is 0.322 e. The Morgan fingerprint density at radius 1 is 1.50 bits per heavy atom. The van der Waals surface area contributed by atoms with E-state index in [0.717, 1.165) is 24.2 Å². The van der Waals surface area contributed by atoms with E-state index in [1.165, 1.54) is 22.3 Å². The lowest BCUT2D eigenvalue weighted by Gasteiger charge is -2.25. The SMILES string of the molecule is Cc1ncc(S(=O)(=O)N2C(C(=O)O)CSC2C2CC2)s1. The molecule has 0 amide bonds. The summed E-state index contributed by atoms with van der Waals surface area (Å²) >= 11 is 2.52. The van der Waals surface area contributed by atoms with Gasteiger partial charge in [-0.2, -0.15) is 4.31 Å². The van der Waals surface area contributed by atoms with Gasteiger partial charge in [-0.15, -0.1) is 23.1 Å². The molecule has 0 bridgehead atoms. The van der Waals surface area contributed by atoms with Gasteiger partial charge in [0.15, 0.2) is 4.21 Å². The van der Waals surface area contributed by atoms with Crippen molar-refractivity contribution in [2.75, 3.05) is 5.75 Å². The number of sulfonamides is 1. The first-order valence-corrected chi connectivity index (χ1v) is 9.52. The van der Waals surface area contributed by atoms with E-state index in [4.69, 9.17) is 0 Å². The normalized spacial score (nSPS) is 27.9. The number of carboxylic acids is 1.